The van der Waals surface area contributed by atoms with Crippen molar-refractivity contribution in [1.82, 2.24) is 4.90 Å². The van der Waals surface area contributed by atoms with Crippen LogP contribution in [0.2, 0.25) is 0 Å². The average molecular weight is 185 g/mol. The normalized spacial score (nSPS) is 40.8. The van der Waals surface area contributed by atoms with Crippen LogP contribution in [0.15, 0.2) is 0 Å². The van der Waals surface area contributed by atoms with Gasteiger partial charge in [-0.1, -0.05) is 0 Å². The third kappa shape index (κ3) is 1.49. The Balaban J connectivity index is 2.14. The van der Waals surface area contributed by atoms with Gasteiger partial charge in [0.2, 0.25) is 0 Å². The molecular weight excluding hydrogens is 170 g/mol. The van der Waals surface area contributed by atoms with Crippen molar-refractivity contribution >= 4 is 5.78 Å². The lowest BCUT2D eigenvalue weighted by atomic mass is 9.90. The summed E-state index contributed by atoms with van der Waals surface area (Å²) in [6.45, 7) is 0.582. The fraction of sp³-hybridized carbons (Fsp3) is 0.889. The number of carbonyl (C=O) groups is 1. The number of aliphatic hydroxyl groups excluding tert-OH is 1. The third-order valence-corrected chi connectivity index (χ3v) is 3.11. The molecule has 1 N–H and O–H groups in total. The predicted octanol–water partition coefficient (Wildman–Crippen LogP) is -0.591. The van der Waals surface area contributed by atoms with Gasteiger partial charge in [0.1, 0.15) is 5.78 Å². The van der Waals surface area contributed by atoms with Crippen LogP contribution in [0.5, 0.6) is 0 Å². The van der Waals surface area contributed by atoms with E-state index in [0.29, 0.717) is 25.2 Å². The average Bonchev–Trinajstić information content (AvgIpc) is 2.08. The molecule has 0 spiro atoms. The zero-order valence-corrected chi connectivity index (χ0v) is 7.77. The number of fused-ring (bicyclic) bond motifs is 2. The van der Waals surface area contributed by atoms with Crippen LogP contribution >= 0.6 is 0 Å². The van der Waals surface area contributed by atoms with Crippen molar-refractivity contribution in [3.63, 3.8) is 0 Å². The van der Waals surface area contributed by atoms with E-state index in [2.05, 4.69) is 4.90 Å². The maximum atomic E-state index is 11.3. The van der Waals surface area contributed by atoms with E-state index in [-0.39, 0.29) is 24.8 Å². The monoisotopic (exact) mass is 185 g/mol. The standard InChI is InChI=1S/C9H15NO3/c1-10-6-2-7(12)3-8(10)9(4-11)13-5-6/h6,8-9,11H,2-5H2,1H3. The van der Waals surface area contributed by atoms with E-state index in [1.807, 2.05) is 7.05 Å². The number of rotatable bonds is 1. The van der Waals surface area contributed by atoms with Gasteiger partial charge in [0.25, 0.3) is 0 Å². The van der Waals surface area contributed by atoms with Gasteiger partial charge in [-0.05, 0) is 7.05 Å². The first-order valence-electron chi connectivity index (χ1n) is 4.68. The fourth-order valence-corrected chi connectivity index (χ4v) is 2.23. The van der Waals surface area contributed by atoms with Gasteiger partial charge in [-0.3, -0.25) is 9.69 Å². The second-order valence-corrected chi connectivity index (χ2v) is 3.89. The van der Waals surface area contributed by atoms with Crippen LogP contribution in [0.25, 0.3) is 0 Å². The topological polar surface area (TPSA) is 49.8 Å². The molecule has 0 saturated carbocycles. The van der Waals surface area contributed by atoms with Crippen molar-refractivity contribution in [2.45, 2.75) is 31.0 Å². The first kappa shape index (κ1) is 9.12. The molecule has 2 heterocycles. The van der Waals surface area contributed by atoms with Crippen LogP contribution in [0.4, 0.5) is 0 Å². The number of piperidine rings is 1. The highest BCUT2D eigenvalue weighted by Crippen LogP contribution is 2.27. The van der Waals surface area contributed by atoms with Gasteiger partial charge in [-0.15, -0.1) is 0 Å². The number of aliphatic hydroxyl groups is 1. The number of hydrogen-bond donors (Lipinski definition) is 1. The van der Waals surface area contributed by atoms with Crippen molar-refractivity contribution in [3.05, 3.63) is 0 Å². The summed E-state index contributed by atoms with van der Waals surface area (Å²) in [7, 11) is 2.01. The Morgan fingerprint density at radius 2 is 2.38 bits per heavy atom. The van der Waals surface area contributed by atoms with E-state index in [1.165, 1.54) is 0 Å². The summed E-state index contributed by atoms with van der Waals surface area (Å²) in [5.41, 5.74) is 0. The van der Waals surface area contributed by atoms with Crippen molar-refractivity contribution in [2.75, 3.05) is 20.3 Å². The lowest BCUT2D eigenvalue weighted by Crippen LogP contribution is -2.60. The molecule has 3 atom stereocenters. The number of hydrogen-bond acceptors (Lipinski definition) is 4. The molecule has 2 aliphatic rings. The highest BCUT2D eigenvalue weighted by atomic mass is 16.5. The molecule has 2 bridgehead atoms. The largest absolute Gasteiger partial charge is 0.394 e. The van der Waals surface area contributed by atoms with E-state index in [4.69, 9.17) is 9.84 Å². The highest BCUT2D eigenvalue weighted by Gasteiger charge is 2.41. The Morgan fingerprint density at radius 1 is 1.62 bits per heavy atom. The minimum Gasteiger partial charge on any atom is -0.394 e. The zero-order chi connectivity index (χ0) is 9.42. The Labute approximate surface area is 77.5 Å². The summed E-state index contributed by atoms with van der Waals surface area (Å²) in [6.07, 6.45) is 0.953. The maximum Gasteiger partial charge on any atom is 0.136 e. The van der Waals surface area contributed by atoms with Gasteiger partial charge in [0.05, 0.1) is 19.3 Å². The number of morpholine rings is 1. The fourth-order valence-electron chi connectivity index (χ4n) is 2.23. The molecular formula is C9H15NO3. The minimum absolute atomic E-state index is 0.00894. The Kier molecular flexibility index (Phi) is 2.36. The van der Waals surface area contributed by atoms with Crippen molar-refractivity contribution < 1.29 is 14.6 Å². The molecule has 3 unspecified atom stereocenters. The Morgan fingerprint density at radius 3 is 3.08 bits per heavy atom. The first-order valence-corrected chi connectivity index (χ1v) is 4.68. The van der Waals surface area contributed by atoms with E-state index < -0.39 is 0 Å². The summed E-state index contributed by atoms with van der Waals surface area (Å²) in [6, 6.07) is 0.319. The van der Waals surface area contributed by atoms with Crippen LogP contribution in [-0.4, -0.2) is 54.2 Å². The zero-order valence-electron chi connectivity index (χ0n) is 7.77. The molecule has 0 aromatic carbocycles. The SMILES string of the molecule is CN1C2COC(CO)C1CC(=O)C2. The van der Waals surface area contributed by atoms with Gasteiger partial charge >= 0.3 is 0 Å². The van der Waals surface area contributed by atoms with Crippen LogP contribution in [0, 0.1) is 0 Å². The molecule has 74 valence electrons. The smallest absolute Gasteiger partial charge is 0.136 e. The van der Waals surface area contributed by atoms with Gasteiger partial charge in [0.15, 0.2) is 0 Å². The highest BCUT2D eigenvalue weighted by molar-refractivity contribution is 5.80. The lowest BCUT2D eigenvalue weighted by molar-refractivity contribution is -0.150. The molecule has 0 amide bonds. The molecule has 0 aliphatic carbocycles. The number of nitrogens with zero attached hydrogens (tertiary/aromatic N) is 1. The van der Waals surface area contributed by atoms with Gasteiger partial charge in [0, 0.05) is 24.9 Å². The van der Waals surface area contributed by atoms with Crippen molar-refractivity contribution in [1.29, 1.82) is 0 Å². The molecule has 13 heavy (non-hydrogen) atoms. The summed E-state index contributed by atoms with van der Waals surface area (Å²) in [4.78, 5) is 13.5. The molecule has 2 saturated heterocycles. The second-order valence-electron chi connectivity index (χ2n) is 3.89. The molecule has 4 heteroatoms. The van der Waals surface area contributed by atoms with Gasteiger partial charge in [-0.2, -0.15) is 0 Å². The minimum atomic E-state index is -0.175. The molecule has 2 fully saturated rings. The molecule has 0 aromatic heterocycles. The number of ether oxygens (including phenoxy) is 1. The van der Waals surface area contributed by atoms with E-state index in [1.54, 1.807) is 0 Å². The van der Waals surface area contributed by atoms with Crippen molar-refractivity contribution in [2.24, 2.45) is 0 Å². The third-order valence-electron chi connectivity index (χ3n) is 3.11. The van der Waals surface area contributed by atoms with E-state index in [0.717, 1.165) is 0 Å². The van der Waals surface area contributed by atoms with Crippen LogP contribution < -0.4 is 0 Å². The molecule has 2 aliphatic heterocycles. The summed E-state index contributed by atoms with van der Waals surface area (Å²) in [5.74, 6) is 0.301. The molecule has 0 radical (unpaired) electrons. The van der Waals surface area contributed by atoms with E-state index in [9.17, 15) is 4.79 Å². The summed E-state index contributed by atoms with van der Waals surface area (Å²) < 4.78 is 5.47. The number of ketones is 1. The van der Waals surface area contributed by atoms with Crippen molar-refractivity contribution in [3.8, 4) is 0 Å². The first-order chi connectivity index (χ1) is 6.22. The van der Waals surface area contributed by atoms with E-state index >= 15 is 0 Å². The molecule has 0 aromatic rings. The van der Waals surface area contributed by atoms with Gasteiger partial charge < -0.3 is 9.84 Å². The lowest BCUT2D eigenvalue weighted by Gasteiger charge is -2.46. The van der Waals surface area contributed by atoms with Crippen LogP contribution in [0.3, 0.4) is 0 Å². The Bertz CT molecular complexity index is 217. The quantitative estimate of drug-likeness (QED) is 0.593. The summed E-state index contributed by atoms with van der Waals surface area (Å²) >= 11 is 0. The van der Waals surface area contributed by atoms with Crippen LogP contribution in [-0.2, 0) is 9.53 Å². The number of carbonyl (C=O) groups excluding carboxylic acids is 1. The Hall–Kier alpha value is -0.450. The summed E-state index contributed by atoms with van der Waals surface area (Å²) in [5, 5.41) is 9.04. The van der Waals surface area contributed by atoms with Gasteiger partial charge in [-0.25, -0.2) is 0 Å². The maximum absolute atomic E-state index is 11.3. The second kappa shape index (κ2) is 3.36. The molecule has 4 nitrogen and oxygen atoms in total. The number of Topliss-reactive ketones (excluding diaryl/α,β-unsaturated/α-hetero) is 1. The van der Waals surface area contributed by atoms with Crippen LogP contribution in [0.1, 0.15) is 12.8 Å². The number of likely N-dealkylation sites (N-methyl/N-ethyl adjacent to an activating group) is 1. The predicted molar refractivity (Wildman–Crippen MR) is 46.4 cm³/mol. The molecule has 2 rings (SSSR count).